The van der Waals surface area contributed by atoms with Gasteiger partial charge in [-0.05, 0) is 42.0 Å². The molecule has 4 heteroatoms. The summed E-state index contributed by atoms with van der Waals surface area (Å²) in [5, 5.41) is 0. The van der Waals surface area contributed by atoms with Crippen molar-refractivity contribution < 1.29 is 19.0 Å². The van der Waals surface area contributed by atoms with Crippen LogP contribution in [0, 0.1) is 0 Å². The number of methoxy groups -OCH3 is 1. The lowest BCUT2D eigenvalue weighted by Gasteiger charge is -2.10. The molecule has 0 atom stereocenters. The molecular weight excluding hydrogens is 316 g/mol. The van der Waals surface area contributed by atoms with Crippen molar-refractivity contribution >= 4 is 5.97 Å². The van der Waals surface area contributed by atoms with Crippen molar-refractivity contribution in [3.63, 3.8) is 0 Å². The van der Waals surface area contributed by atoms with Crippen LogP contribution in [0.3, 0.4) is 0 Å². The van der Waals surface area contributed by atoms with Gasteiger partial charge in [-0.25, -0.2) is 4.79 Å². The number of hydrogen-bond acceptors (Lipinski definition) is 4. The van der Waals surface area contributed by atoms with Crippen LogP contribution in [0.15, 0.2) is 78.9 Å². The highest BCUT2D eigenvalue weighted by molar-refractivity contribution is 5.92. The maximum absolute atomic E-state index is 12.2. The monoisotopic (exact) mass is 334 g/mol. The van der Waals surface area contributed by atoms with Crippen molar-refractivity contribution in [2.45, 2.75) is 6.61 Å². The second-order valence-electron chi connectivity index (χ2n) is 5.34. The van der Waals surface area contributed by atoms with Gasteiger partial charge in [-0.15, -0.1) is 0 Å². The lowest BCUT2D eigenvalue weighted by atomic mass is 10.2. The smallest absolute Gasteiger partial charge is 0.342 e. The lowest BCUT2D eigenvalue weighted by molar-refractivity contribution is 0.0469. The van der Waals surface area contributed by atoms with Gasteiger partial charge in [0.25, 0.3) is 0 Å². The minimum Gasteiger partial charge on any atom is -0.496 e. The molecule has 0 spiro atoms. The van der Waals surface area contributed by atoms with Crippen molar-refractivity contribution in [3.05, 3.63) is 90.0 Å². The van der Waals surface area contributed by atoms with Crippen molar-refractivity contribution in [3.8, 4) is 17.2 Å². The molecule has 0 amide bonds. The fourth-order valence-corrected chi connectivity index (χ4v) is 2.36. The van der Waals surface area contributed by atoms with Gasteiger partial charge in [-0.2, -0.15) is 0 Å². The van der Waals surface area contributed by atoms with Gasteiger partial charge in [0.1, 0.15) is 29.4 Å². The molecule has 0 heterocycles. The molecule has 0 saturated carbocycles. The number of carbonyl (C=O) groups excluding carboxylic acids is 1. The highest BCUT2D eigenvalue weighted by Gasteiger charge is 2.13. The van der Waals surface area contributed by atoms with Crippen molar-refractivity contribution in [2.75, 3.05) is 7.11 Å². The van der Waals surface area contributed by atoms with E-state index in [9.17, 15) is 4.79 Å². The standard InChI is InChI=1S/C21H18O4/c1-23-20-13-6-5-12-19(20)21(22)24-15-16-8-7-11-18(14-16)25-17-9-3-2-4-10-17/h2-14H,15H2,1H3. The number of ether oxygens (including phenoxy) is 3. The summed E-state index contributed by atoms with van der Waals surface area (Å²) in [5.74, 6) is 1.52. The number of rotatable bonds is 6. The molecule has 0 unspecified atom stereocenters. The SMILES string of the molecule is COc1ccccc1C(=O)OCc1cccc(Oc2ccccc2)c1. The maximum atomic E-state index is 12.2. The molecule has 0 aromatic heterocycles. The van der Waals surface area contributed by atoms with Gasteiger partial charge in [-0.1, -0.05) is 42.5 Å². The molecule has 3 aromatic carbocycles. The number of para-hydroxylation sites is 2. The molecule has 126 valence electrons. The Morgan fingerprint density at radius 3 is 2.36 bits per heavy atom. The Morgan fingerprint density at radius 1 is 0.840 bits per heavy atom. The van der Waals surface area contributed by atoms with Crippen LogP contribution in [0.4, 0.5) is 0 Å². The van der Waals surface area contributed by atoms with Gasteiger partial charge < -0.3 is 14.2 Å². The summed E-state index contributed by atoms with van der Waals surface area (Å²) >= 11 is 0. The number of carbonyl (C=O) groups is 1. The average Bonchev–Trinajstić information content (AvgIpc) is 2.67. The number of benzene rings is 3. The summed E-state index contributed by atoms with van der Waals surface area (Å²) in [6, 6.07) is 24.0. The van der Waals surface area contributed by atoms with Crippen LogP contribution in [0.2, 0.25) is 0 Å². The second-order valence-corrected chi connectivity index (χ2v) is 5.34. The molecule has 25 heavy (non-hydrogen) atoms. The fraction of sp³-hybridized carbons (Fsp3) is 0.0952. The minimum absolute atomic E-state index is 0.156. The molecule has 0 aliphatic heterocycles. The molecular formula is C21H18O4. The molecule has 0 radical (unpaired) electrons. The third kappa shape index (κ3) is 4.38. The van der Waals surface area contributed by atoms with E-state index in [1.807, 2.05) is 54.6 Å². The lowest BCUT2D eigenvalue weighted by Crippen LogP contribution is -2.07. The van der Waals surface area contributed by atoms with Gasteiger partial charge in [0.15, 0.2) is 0 Å². The van der Waals surface area contributed by atoms with Crippen molar-refractivity contribution in [1.82, 2.24) is 0 Å². The van der Waals surface area contributed by atoms with Crippen LogP contribution in [0.5, 0.6) is 17.2 Å². The largest absolute Gasteiger partial charge is 0.496 e. The molecule has 0 fully saturated rings. The second kappa shape index (κ2) is 8.02. The van der Waals surface area contributed by atoms with Crippen LogP contribution in [0.1, 0.15) is 15.9 Å². The van der Waals surface area contributed by atoms with E-state index in [-0.39, 0.29) is 6.61 Å². The van der Waals surface area contributed by atoms with Crippen LogP contribution < -0.4 is 9.47 Å². The number of hydrogen-bond donors (Lipinski definition) is 0. The van der Waals surface area contributed by atoms with E-state index >= 15 is 0 Å². The first kappa shape index (κ1) is 16.6. The zero-order valence-electron chi connectivity index (χ0n) is 13.8. The van der Waals surface area contributed by atoms with Crippen molar-refractivity contribution in [2.24, 2.45) is 0 Å². The third-order valence-electron chi connectivity index (χ3n) is 3.57. The molecule has 3 aromatic rings. The van der Waals surface area contributed by atoms with E-state index in [1.54, 1.807) is 24.3 Å². The maximum Gasteiger partial charge on any atom is 0.342 e. The summed E-state index contributed by atoms with van der Waals surface area (Å²) in [6.07, 6.45) is 0. The summed E-state index contributed by atoms with van der Waals surface area (Å²) < 4.78 is 16.4. The normalized spacial score (nSPS) is 10.1. The third-order valence-corrected chi connectivity index (χ3v) is 3.57. The van der Waals surface area contributed by atoms with Gasteiger partial charge in [0.2, 0.25) is 0 Å². The predicted octanol–water partition coefficient (Wildman–Crippen LogP) is 4.84. The summed E-state index contributed by atoms with van der Waals surface area (Å²) in [5.41, 5.74) is 1.25. The van der Waals surface area contributed by atoms with Crippen LogP contribution >= 0.6 is 0 Å². The topological polar surface area (TPSA) is 44.8 Å². The first-order valence-electron chi connectivity index (χ1n) is 7.88. The van der Waals surface area contributed by atoms with E-state index in [1.165, 1.54) is 7.11 Å². The van der Waals surface area contributed by atoms with E-state index in [0.717, 1.165) is 11.3 Å². The zero-order valence-corrected chi connectivity index (χ0v) is 13.8. The number of esters is 1. The first-order chi connectivity index (χ1) is 12.3. The Hall–Kier alpha value is -3.27. The highest BCUT2D eigenvalue weighted by atomic mass is 16.5. The van der Waals surface area contributed by atoms with Gasteiger partial charge in [-0.3, -0.25) is 0 Å². The molecule has 0 bridgehead atoms. The molecule has 0 aliphatic rings. The first-order valence-corrected chi connectivity index (χ1v) is 7.88. The van der Waals surface area contributed by atoms with Crippen LogP contribution in [-0.2, 0) is 11.3 Å². The molecule has 3 rings (SSSR count). The molecule has 0 aliphatic carbocycles. The molecule has 0 N–H and O–H groups in total. The van der Waals surface area contributed by atoms with Gasteiger partial charge in [0.05, 0.1) is 7.11 Å². The average molecular weight is 334 g/mol. The van der Waals surface area contributed by atoms with E-state index in [4.69, 9.17) is 14.2 Å². The van der Waals surface area contributed by atoms with E-state index in [2.05, 4.69) is 0 Å². The summed E-state index contributed by atoms with van der Waals surface area (Å²) in [4.78, 5) is 12.2. The van der Waals surface area contributed by atoms with Gasteiger partial charge >= 0.3 is 5.97 Å². The summed E-state index contributed by atoms with van der Waals surface area (Å²) in [7, 11) is 1.52. The van der Waals surface area contributed by atoms with Crippen molar-refractivity contribution in [1.29, 1.82) is 0 Å². The molecule has 4 nitrogen and oxygen atoms in total. The Kier molecular flexibility index (Phi) is 5.32. The quantitative estimate of drug-likeness (QED) is 0.605. The van der Waals surface area contributed by atoms with E-state index in [0.29, 0.717) is 17.1 Å². The van der Waals surface area contributed by atoms with E-state index < -0.39 is 5.97 Å². The Balaban J connectivity index is 1.65. The summed E-state index contributed by atoms with van der Waals surface area (Å²) in [6.45, 7) is 0.156. The minimum atomic E-state index is -0.424. The Morgan fingerprint density at radius 2 is 1.56 bits per heavy atom. The molecule has 0 saturated heterocycles. The Labute approximate surface area is 146 Å². The zero-order chi connectivity index (χ0) is 17.5. The highest BCUT2D eigenvalue weighted by Crippen LogP contribution is 2.23. The van der Waals surface area contributed by atoms with Crippen LogP contribution in [0.25, 0.3) is 0 Å². The van der Waals surface area contributed by atoms with Gasteiger partial charge in [0, 0.05) is 0 Å². The predicted molar refractivity (Wildman–Crippen MR) is 95.1 cm³/mol. The van der Waals surface area contributed by atoms with Crippen LogP contribution in [-0.4, -0.2) is 13.1 Å². The fourth-order valence-electron chi connectivity index (χ4n) is 2.36. The Bertz CT molecular complexity index is 843.